The van der Waals surface area contributed by atoms with Crippen LogP contribution in [0.1, 0.15) is 46.5 Å². The van der Waals surface area contributed by atoms with Gasteiger partial charge in [0.05, 0.1) is 11.5 Å². The highest BCUT2D eigenvalue weighted by Crippen LogP contribution is 2.39. The lowest BCUT2D eigenvalue weighted by atomic mass is 9.84. The molecule has 0 unspecified atom stereocenters. The first-order chi connectivity index (χ1) is 9.20. The Balaban J connectivity index is 1.92. The molecule has 0 aromatic carbocycles. The Morgan fingerprint density at radius 3 is 2.15 bits per heavy atom. The molecule has 0 bridgehead atoms. The Hall–Kier alpha value is -0.130. The van der Waals surface area contributed by atoms with E-state index in [1.807, 2.05) is 0 Å². The first-order valence-corrected chi connectivity index (χ1v) is 9.70. The predicted molar refractivity (Wildman–Crippen MR) is 83.8 cm³/mol. The molecule has 1 N–H and O–H groups in total. The summed E-state index contributed by atoms with van der Waals surface area (Å²) in [6.07, 6.45) is 5.19. The molecule has 118 valence electrons. The van der Waals surface area contributed by atoms with Gasteiger partial charge in [0.2, 0.25) is 0 Å². The molecular weight excluding hydrogens is 272 g/mol. The van der Waals surface area contributed by atoms with Gasteiger partial charge in [-0.1, -0.05) is 12.8 Å². The summed E-state index contributed by atoms with van der Waals surface area (Å²) in [5.74, 6) is 0.686. The molecule has 5 heteroatoms. The smallest absolute Gasteiger partial charge is 0.152 e. The quantitative estimate of drug-likeness (QED) is 0.858. The fourth-order valence-electron chi connectivity index (χ4n) is 3.35. The van der Waals surface area contributed by atoms with Crippen LogP contribution < -0.4 is 5.32 Å². The van der Waals surface area contributed by atoms with E-state index in [9.17, 15) is 8.42 Å². The third-order valence-corrected chi connectivity index (χ3v) is 6.26. The minimum Gasteiger partial charge on any atom is -0.311 e. The van der Waals surface area contributed by atoms with E-state index in [0.717, 1.165) is 26.2 Å². The number of nitrogens with zero attached hydrogens (tertiary/aromatic N) is 1. The van der Waals surface area contributed by atoms with Gasteiger partial charge in [0.15, 0.2) is 9.84 Å². The Morgan fingerprint density at radius 1 is 1.10 bits per heavy atom. The molecule has 2 fully saturated rings. The summed E-state index contributed by atoms with van der Waals surface area (Å²) in [5, 5.41) is 3.67. The van der Waals surface area contributed by atoms with E-state index in [1.165, 1.54) is 25.7 Å². The van der Waals surface area contributed by atoms with Crippen molar-refractivity contribution in [2.24, 2.45) is 5.41 Å². The second-order valence-electron chi connectivity index (χ2n) is 7.74. The summed E-state index contributed by atoms with van der Waals surface area (Å²) < 4.78 is 23.1. The summed E-state index contributed by atoms with van der Waals surface area (Å²) in [4.78, 5) is 2.37. The minimum atomic E-state index is -2.76. The average Bonchev–Trinajstić information content (AvgIpc) is 2.78. The molecule has 1 saturated heterocycles. The monoisotopic (exact) mass is 302 g/mol. The van der Waals surface area contributed by atoms with Crippen molar-refractivity contribution in [3.63, 3.8) is 0 Å². The Labute approximate surface area is 124 Å². The Morgan fingerprint density at radius 2 is 1.65 bits per heavy atom. The molecule has 0 aromatic rings. The van der Waals surface area contributed by atoms with Gasteiger partial charge in [0.1, 0.15) is 0 Å². The van der Waals surface area contributed by atoms with Crippen LogP contribution in [0.2, 0.25) is 0 Å². The molecule has 0 amide bonds. The standard InChI is InChI=1S/C15H30N2O2S/c1-14(2,3)16-12-15(6-4-5-7-15)13-17-8-10-20(18,19)11-9-17/h16H,4-13H2,1-3H3. The van der Waals surface area contributed by atoms with Gasteiger partial charge in [-0.05, 0) is 39.0 Å². The normalized spacial score (nSPS) is 26.8. The first kappa shape index (κ1) is 16.2. The summed E-state index contributed by atoms with van der Waals surface area (Å²) in [6.45, 7) is 10.2. The molecule has 2 aliphatic rings. The minimum absolute atomic E-state index is 0.154. The lowest BCUT2D eigenvalue weighted by Gasteiger charge is -2.39. The van der Waals surface area contributed by atoms with E-state index in [1.54, 1.807) is 0 Å². The van der Waals surface area contributed by atoms with E-state index >= 15 is 0 Å². The molecule has 4 nitrogen and oxygen atoms in total. The molecular formula is C15H30N2O2S. The van der Waals surface area contributed by atoms with E-state index in [4.69, 9.17) is 0 Å². The maximum absolute atomic E-state index is 11.5. The van der Waals surface area contributed by atoms with Crippen LogP contribution in [0.25, 0.3) is 0 Å². The van der Waals surface area contributed by atoms with E-state index in [-0.39, 0.29) is 5.54 Å². The van der Waals surface area contributed by atoms with Crippen LogP contribution in [0.4, 0.5) is 0 Å². The van der Waals surface area contributed by atoms with Crippen molar-refractivity contribution >= 4 is 9.84 Å². The second-order valence-corrected chi connectivity index (χ2v) is 10.0. The number of nitrogens with one attached hydrogen (secondary N) is 1. The number of hydrogen-bond donors (Lipinski definition) is 1. The second kappa shape index (κ2) is 5.93. The van der Waals surface area contributed by atoms with Gasteiger partial charge >= 0.3 is 0 Å². The summed E-state index contributed by atoms with van der Waals surface area (Å²) in [5.41, 5.74) is 0.509. The maximum Gasteiger partial charge on any atom is 0.152 e. The maximum atomic E-state index is 11.5. The Bertz CT molecular complexity index is 406. The fourth-order valence-corrected chi connectivity index (χ4v) is 4.63. The molecule has 1 saturated carbocycles. The zero-order valence-electron chi connectivity index (χ0n) is 13.2. The van der Waals surface area contributed by atoms with Crippen LogP contribution >= 0.6 is 0 Å². The van der Waals surface area contributed by atoms with Gasteiger partial charge in [-0.3, -0.25) is 0 Å². The molecule has 0 aromatic heterocycles. The van der Waals surface area contributed by atoms with E-state index < -0.39 is 9.84 Å². The first-order valence-electron chi connectivity index (χ1n) is 7.88. The van der Waals surface area contributed by atoms with Crippen LogP contribution in [0.15, 0.2) is 0 Å². The number of rotatable bonds is 4. The molecule has 2 rings (SSSR count). The van der Waals surface area contributed by atoms with Crippen molar-refractivity contribution in [2.45, 2.75) is 52.0 Å². The van der Waals surface area contributed by atoms with Crippen LogP contribution in [0.5, 0.6) is 0 Å². The van der Waals surface area contributed by atoms with Crippen LogP contribution in [0.3, 0.4) is 0 Å². The SMILES string of the molecule is CC(C)(C)NCC1(CN2CCS(=O)(=O)CC2)CCCC1. The van der Waals surface area contributed by atoms with Crippen molar-refractivity contribution in [1.29, 1.82) is 0 Å². The topological polar surface area (TPSA) is 49.4 Å². The van der Waals surface area contributed by atoms with Crippen molar-refractivity contribution in [2.75, 3.05) is 37.7 Å². The van der Waals surface area contributed by atoms with Crippen LogP contribution in [-0.4, -0.2) is 56.5 Å². The third-order valence-electron chi connectivity index (χ3n) is 4.65. The third kappa shape index (κ3) is 4.71. The van der Waals surface area contributed by atoms with E-state index in [2.05, 4.69) is 31.0 Å². The number of sulfone groups is 1. The van der Waals surface area contributed by atoms with Gasteiger partial charge in [-0.15, -0.1) is 0 Å². The molecule has 20 heavy (non-hydrogen) atoms. The van der Waals surface area contributed by atoms with Crippen molar-refractivity contribution in [3.05, 3.63) is 0 Å². The summed E-state index contributed by atoms with van der Waals surface area (Å²) in [7, 11) is -2.76. The zero-order valence-corrected chi connectivity index (χ0v) is 14.1. The Kier molecular flexibility index (Phi) is 4.82. The van der Waals surface area contributed by atoms with Crippen molar-refractivity contribution in [1.82, 2.24) is 10.2 Å². The lowest BCUT2D eigenvalue weighted by Crippen LogP contribution is -2.50. The van der Waals surface area contributed by atoms with Gasteiger partial charge < -0.3 is 10.2 Å². The molecule has 1 heterocycles. The molecule has 1 aliphatic heterocycles. The van der Waals surface area contributed by atoms with Gasteiger partial charge in [0.25, 0.3) is 0 Å². The van der Waals surface area contributed by atoms with Crippen molar-refractivity contribution < 1.29 is 8.42 Å². The highest BCUT2D eigenvalue weighted by Gasteiger charge is 2.37. The predicted octanol–water partition coefficient (Wildman–Crippen LogP) is 1.67. The number of hydrogen-bond acceptors (Lipinski definition) is 4. The fraction of sp³-hybridized carbons (Fsp3) is 1.00. The van der Waals surface area contributed by atoms with E-state index in [0.29, 0.717) is 16.9 Å². The molecule has 0 atom stereocenters. The van der Waals surface area contributed by atoms with Gasteiger partial charge in [-0.25, -0.2) is 8.42 Å². The average molecular weight is 302 g/mol. The lowest BCUT2D eigenvalue weighted by molar-refractivity contribution is 0.147. The van der Waals surface area contributed by atoms with Crippen LogP contribution in [-0.2, 0) is 9.84 Å². The molecule has 0 spiro atoms. The van der Waals surface area contributed by atoms with Crippen molar-refractivity contribution in [3.8, 4) is 0 Å². The molecule has 0 radical (unpaired) electrons. The van der Waals surface area contributed by atoms with Gasteiger partial charge in [-0.2, -0.15) is 0 Å². The molecule has 1 aliphatic carbocycles. The van der Waals surface area contributed by atoms with Gasteiger partial charge in [0, 0.05) is 31.7 Å². The van der Waals surface area contributed by atoms with Crippen LogP contribution in [0, 0.1) is 5.41 Å². The largest absolute Gasteiger partial charge is 0.311 e. The summed E-state index contributed by atoms with van der Waals surface area (Å²) >= 11 is 0. The summed E-state index contributed by atoms with van der Waals surface area (Å²) in [6, 6.07) is 0. The highest BCUT2D eigenvalue weighted by atomic mass is 32.2. The zero-order chi connectivity index (χ0) is 14.9. The highest BCUT2D eigenvalue weighted by molar-refractivity contribution is 7.91.